The number of hydrogen-bond donors (Lipinski definition) is 2. The van der Waals surface area contributed by atoms with Gasteiger partial charge in [0.1, 0.15) is 5.82 Å². The zero-order valence-electron chi connectivity index (χ0n) is 15.7. The smallest absolute Gasteiger partial charge is 0.243 e. The summed E-state index contributed by atoms with van der Waals surface area (Å²) in [5.74, 6) is 0.305. The molecule has 0 saturated carbocycles. The summed E-state index contributed by atoms with van der Waals surface area (Å²) in [5.41, 5.74) is 2.81. The number of hydrogen-bond acceptors (Lipinski definition) is 5. The zero-order chi connectivity index (χ0) is 19.2. The lowest BCUT2D eigenvalue weighted by Gasteiger charge is -2.32. The van der Waals surface area contributed by atoms with Gasteiger partial charge in [0.2, 0.25) is 11.8 Å². The number of aryl methyl sites for hydroxylation is 2. The van der Waals surface area contributed by atoms with E-state index in [0.717, 1.165) is 42.0 Å². The molecule has 1 saturated heterocycles. The normalized spacial score (nSPS) is 16.7. The number of nitrogens with one attached hydrogen (secondary N) is 2. The molecule has 0 aliphatic carbocycles. The number of anilines is 2. The molecular weight excluding hydrogens is 342 g/mol. The van der Waals surface area contributed by atoms with Crippen molar-refractivity contribution in [3.8, 4) is 0 Å². The summed E-state index contributed by atoms with van der Waals surface area (Å²) < 4.78 is 0. The molecule has 2 aromatic rings. The van der Waals surface area contributed by atoms with Crippen molar-refractivity contribution in [1.82, 2.24) is 15.3 Å². The molecule has 2 amide bonds. The predicted molar refractivity (Wildman–Crippen MR) is 105 cm³/mol. The summed E-state index contributed by atoms with van der Waals surface area (Å²) >= 11 is 0. The lowest BCUT2D eigenvalue weighted by molar-refractivity contribution is -0.127. The Morgan fingerprint density at radius 1 is 1.22 bits per heavy atom. The number of para-hydroxylation sites is 1. The Bertz CT molecular complexity index is 789. The number of benzene rings is 1. The van der Waals surface area contributed by atoms with Crippen LogP contribution in [-0.2, 0) is 9.59 Å². The highest BCUT2D eigenvalue weighted by atomic mass is 16.2. The minimum atomic E-state index is -0.220. The van der Waals surface area contributed by atoms with Crippen molar-refractivity contribution in [2.45, 2.75) is 26.7 Å². The van der Waals surface area contributed by atoms with E-state index in [2.05, 4.69) is 25.5 Å². The van der Waals surface area contributed by atoms with Crippen LogP contribution in [-0.4, -0.2) is 41.4 Å². The van der Waals surface area contributed by atoms with E-state index >= 15 is 0 Å². The van der Waals surface area contributed by atoms with Crippen molar-refractivity contribution in [1.29, 1.82) is 0 Å². The molecule has 1 aromatic carbocycles. The van der Waals surface area contributed by atoms with Crippen LogP contribution in [0.15, 0.2) is 36.8 Å². The third-order valence-electron chi connectivity index (χ3n) is 4.83. The minimum absolute atomic E-state index is 0.0335. The average Bonchev–Trinajstić information content (AvgIpc) is 2.70. The van der Waals surface area contributed by atoms with Crippen LogP contribution in [0.3, 0.4) is 0 Å². The van der Waals surface area contributed by atoms with Crippen LogP contribution in [0.5, 0.6) is 0 Å². The molecule has 0 spiro atoms. The molecule has 0 radical (unpaired) electrons. The van der Waals surface area contributed by atoms with Crippen molar-refractivity contribution in [3.63, 3.8) is 0 Å². The molecule has 0 bridgehead atoms. The van der Waals surface area contributed by atoms with E-state index < -0.39 is 0 Å². The fourth-order valence-corrected chi connectivity index (χ4v) is 3.36. The lowest BCUT2D eigenvalue weighted by Crippen LogP contribution is -2.45. The number of nitrogens with zero attached hydrogens (tertiary/aromatic N) is 3. The number of aromatic nitrogens is 2. The maximum absolute atomic E-state index is 12.5. The van der Waals surface area contributed by atoms with Crippen LogP contribution in [0, 0.1) is 19.8 Å². The van der Waals surface area contributed by atoms with Crippen molar-refractivity contribution in [3.05, 3.63) is 47.9 Å². The van der Waals surface area contributed by atoms with Crippen molar-refractivity contribution in [2.24, 2.45) is 5.92 Å². The second kappa shape index (κ2) is 8.62. The van der Waals surface area contributed by atoms with Crippen LogP contribution in [0.2, 0.25) is 0 Å². The van der Waals surface area contributed by atoms with E-state index in [0.29, 0.717) is 6.54 Å². The van der Waals surface area contributed by atoms with Gasteiger partial charge in [0, 0.05) is 31.2 Å². The second-order valence-corrected chi connectivity index (χ2v) is 6.88. The zero-order valence-corrected chi connectivity index (χ0v) is 15.7. The first-order valence-electron chi connectivity index (χ1n) is 9.19. The Balaban J connectivity index is 1.52. The van der Waals surface area contributed by atoms with E-state index in [1.54, 1.807) is 18.6 Å². The second-order valence-electron chi connectivity index (χ2n) is 6.88. The number of piperidine rings is 1. The quantitative estimate of drug-likeness (QED) is 0.845. The first-order valence-corrected chi connectivity index (χ1v) is 9.19. The molecule has 2 heterocycles. The number of amides is 2. The monoisotopic (exact) mass is 367 g/mol. The fraction of sp³-hybridized carbons (Fsp3) is 0.400. The summed E-state index contributed by atoms with van der Waals surface area (Å²) in [6.07, 6.45) is 6.70. The Morgan fingerprint density at radius 2 is 2.00 bits per heavy atom. The number of rotatable bonds is 5. The van der Waals surface area contributed by atoms with Gasteiger partial charge in [-0.3, -0.25) is 14.6 Å². The summed E-state index contributed by atoms with van der Waals surface area (Å²) in [4.78, 5) is 35.2. The molecule has 27 heavy (non-hydrogen) atoms. The third kappa shape index (κ3) is 4.81. The molecule has 1 aliphatic heterocycles. The van der Waals surface area contributed by atoms with E-state index in [9.17, 15) is 9.59 Å². The molecule has 7 heteroatoms. The molecule has 1 aliphatic rings. The van der Waals surface area contributed by atoms with Gasteiger partial charge in [-0.25, -0.2) is 4.98 Å². The van der Waals surface area contributed by atoms with Gasteiger partial charge in [-0.2, -0.15) is 0 Å². The van der Waals surface area contributed by atoms with Crippen LogP contribution in [0.25, 0.3) is 0 Å². The van der Waals surface area contributed by atoms with Crippen molar-refractivity contribution >= 4 is 23.3 Å². The van der Waals surface area contributed by atoms with Gasteiger partial charge < -0.3 is 15.5 Å². The predicted octanol–water partition coefficient (Wildman–Crippen LogP) is 2.06. The lowest BCUT2D eigenvalue weighted by atomic mass is 9.97. The number of carbonyl (C=O) groups excluding carboxylic acids is 2. The summed E-state index contributed by atoms with van der Waals surface area (Å²) in [7, 11) is 0. The van der Waals surface area contributed by atoms with Gasteiger partial charge in [0.25, 0.3) is 0 Å². The molecule has 2 N–H and O–H groups in total. The first kappa shape index (κ1) is 18.8. The molecule has 3 rings (SSSR count). The van der Waals surface area contributed by atoms with Gasteiger partial charge >= 0.3 is 0 Å². The van der Waals surface area contributed by atoms with Crippen LogP contribution < -0.4 is 15.5 Å². The van der Waals surface area contributed by atoms with Gasteiger partial charge in [-0.15, -0.1) is 0 Å². The molecule has 1 atom stereocenters. The average molecular weight is 367 g/mol. The summed E-state index contributed by atoms with van der Waals surface area (Å²) in [5, 5.41) is 5.66. The van der Waals surface area contributed by atoms with E-state index in [-0.39, 0.29) is 24.3 Å². The highest BCUT2D eigenvalue weighted by molar-refractivity contribution is 5.96. The van der Waals surface area contributed by atoms with E-state index in [1.807, 2.05) is 32.0 Å². The van der Waals surface area contributed by atoms with Gasteiger partial charge in [0.05, 0.1) is 18.7 Å². The van der Waals surface area contributed by atoms with Crippen molar-refractivity contribution in [2.75, 3.05) is 29.9 Å². The van der Waals surface area contributed by atoms with E-state index in [4.69, 9.17) is 0 Å². The standard InChI is InChI=1S/C20H25N5O2/c1-14-5-3-6-15(2)19(14)24-18(26)12-23-20(27)16-7-4-10-25(13-16)17-11-21-8-9-22-17/h3,5-6,8-9,11,16H,4,7,10,12-13H2,1-2H3,(H,23,27)(H,24,26)/t16-/m0/s1. The van der Waals surface area contributed by atoms with Gasteiger partial charge in [0.15, 0.2) is 0 Å². The van der Waals surface area contributed by atoms with Crippen LogP contribution in [0.1, 0.15) is 24.0 Å². The van der Waals surface area contributed by atoms with Crippen molar-refractivity contribution < 1.29 is 9.59 Å². The highest BCUT2D eigenvalue weighted by Gasteiger charge is 2.26. The largest absolute Gasteiger partial charge is 0.355 e. The molecule has 142 valence electrons. The summed E-state index contributed by atoms with van der Waals surface area (Å²) in [6, 6.07) is 5.85. The van der Waals surface area contributed by atoms with E-state index in [1.165, 1.54) is 0 Å². The third-order valence-corrected chi connectivity index (χ3v) is 4.83. The Kier molecular flexibility index (Phi) is 6.01. The Morgan fingerprint density at radius 3 is 2.70 bits per heavy atom. The van der Waals surface area contributed by atoms with Crippen LogP contribution >= 0.6 is 0 Å². The minimum Gasteiger partial charge on any atom is -0.355 e. The topological polar surface area (TPSA) is 87.2 Å². The Hall–Kier alpha value is -2.96. The maximum Gasteiger partial charge on any atom is 0.243 e. The number of carbonyl (C=O) groups is 2. The molecular formula is C20H25N5O2. The highest BCUT2D eigenvalue weighted by Crippen LogP contribution is 2.21. The molecule has 7 nitrogen and oxygen atoms in total. The molecule has 1 fully saturated rings. The van der Waals surface area contributed by atoms with Gasteiger partial charge in [-0.05, 0) is 37.8 Å². The SMILES string of the molecule is Cc1cccc(C)c1NC(=O)CNC(=O)[C@H]1CCCN(c2cnccn2)C1. The first-order chi connectivity index (χ1) is 13.0. The Labute approximate surface area is 159 Å². The summed E-state index contributed by atoms with van der Waals surface area (Å²) in [6.45, 7) is 5.31. The molecule has 0 unspecified atom stereocenters. The van der Waals surface area contributed by atoms with Gasteiger partial charge in [-0.1, -0.05) is 18.2 Å². The molecule has 1 aromatic heterocycles. The maximum atomic E-state index is 12.5. The van der Waals surface area contributed by atoms with Crippen LogP contribution in [0.4, 0.5) is 11.5 Å². The fourth-order valence-electron chi connectivity index (χ4n) is 3.36.